The number of nitrogens with one attached hydrogen (secondary N) is 1. The number of aromatic nitrogens is 1. The van der Waals surface area contributed by atoms with Gasteiger partial charge in [0, 0.05) is 24.9 Å². The maximum atomic E-state index is 13.2. The molecule has 2 heterocycles. The molecule has 0 fully saturated rings. The molecule has 192 valence electrons. The number of carbonyl (C=O) groups is 2. The van der Waals surface area contributed by atoms with Gasteiger partial charge in [0.05, 0.1) is 19.1 Å². The fourth-order valence-electron chi connectivity index (χ4n) is 4.50. The van der Waals surface area contributed by atoms with E-state index in [1.165, 1.54) is 0 Å². The van der Waals surface area contributed by atoms with Gasteiger partial charge in [-0.05, 0) is 48.2 Å². The largest absolute Gasteiger partial charge is 0.454 e. The minimum absolute atomic E-state index is 0.148. The lowest BCUT2D eigenvalue weighted by Crippen LogP contribution is -2.31. The van der Waals surface area contributed by atoms with Gasteiger partial charge in [0.15, 0.2) is 5.76 Å². The van der Waals surface area contributed by atoms with Gasteiger partial charge in [-0.25, -0.2) is 0 Å². The zero-order valence-electron chi connectivity index (χ0n) is 21.6. The third-order valence-electron chi connectivity index (χ3n) is 6.43. The monoisotopic (exact) mass is 497 g/mol. The molecule has 0 aliphatic rings. The molecule has 1 unspecified atom stereocenters. The van der Waals surface area contributed by atoms with Crippen LogP contribution in [0.4, 0.5) is 0 Å². The number of hydrogen-bond acceptors (Lipinski definition) is 3. The van der Waals surface area contributed by atoms with Crippen molar-refractivity contribution in [2.24, 2.45) is 0 Å². The number of nitrogens with zero attached hydrogens (tertiary/aromatic N) is 2. The van der Waals surface area contributed by atoms with Crippen molar-refractivity contribution in [1.29, 1.82) is 0 Å². The Morgan fingerprint density at radius 1 is 0.919 bits per heavy atom. The fraction of sp³-hybridized carbons (Fsp3) is 0.290. The molecule has 0 bridgehead atoms. The fourth-order valence-corrected chi connectivity index (χ4v) is 4.50. The summed E-state index contributed by atoms with van der Waals surface area (Å²) >= 11 is 0. The number of carbonyl (C=O) groups excluding carboxylic acids is 2. The molecule has 1 atom stereocenters. The molecule has 37 heavy (non-hydrogen) atoms. The molecule has 4 rings (SSSR count). The van der Waals surface area contributed by atoms with Gasteiger partial charge >= 0.3 is 0 Å². The first-order chi connectivity index (χ1) is 18.1. The molecule has 2 aromatic carbocycles. The van der Waals surface area contributed by atoms with Crippen LogP contribution in [0.2, 0.25) is 0 Å². The Hall–Kier alpha value is -4.06. The highest BCUT2D eigenvalue weighted by Gasteiger charge is 2.19. The first kappa shape index (κ1) is 26.0. The summed E-state index contributed by atoms with van der Waals surface area (Å²) in [6, 6.07) is 27.5. The summed E-state index contributed by atoms with van der Waals surface area (Å²) in [7, 11) is 0. The van der Waals surface area contributed by atoms with Crippen molar-refractivity contribution in [1.82, 2.24) is 14.8 Å². The van der Waals surface area contributed by atoms with Crippen LogP contribution in [0.1, 0.15) is 65.9 Å². The van der Waals surface area contributed by atoms with E-state index in [1.54, 1.807) is 6.07 Å². The number of benzene rings is 2. The summed E-state index contributed by atoms with van der Waals surface area (Å²) in [6.45, 7) is 5.74. The van der Waals surface area contributed by atoms with Crippen molar-refractivity contribution < 1.29 is 14.0 Å². The van der Waals surface area contributed by atoms with E-state index < -0.39 is 0 Å². The molecule has 0 radical (unpaired) electrons. The average Bonchev–Trinajstić information content (AvgIpc) is 3.58. The van der Waals surface area contributed by atoms with Crippen LogP contribution in [0.5, 0.6) is 0 Å². The van der Waals surface area contributed by atoms with Crippen LogP contribution in [-0.2, 0) is 24.3 Å². The molecular weight excluding hydrogens is 462 g/mol. The average molecular weight is 498 g/mol. The SMILES string of the molecule is CCCN(Cc1cccn1Cc1ccc(C(=O)NC(Cc2ccccc2)c2ccccc2)o1)C(=O)CC. The second-order valence-electron chi connectivity index (χ2n) is 9.19. The molecule has 6 heteroatoms. The standard InChI is InChI=1S/C31H35N3O3/c1-3-19-34(30(35)4-2)22-26-16-11-20-33(26)23-27-17-18-29(37-27)31(36)32-28(25-14-9-6-10-15-25)21-24-12-7-5-8-13-24/h5-18,20,28H,3-4,19,21-23H2,1-2H3,(H,32,36). The van der Waals surface area contributed by atoms with Crippen LogP contribution in [0, 0.1) is 0 Å². The third-order valence-corrected chi connectivity index (χ3v) is 6.43. The van der Waals surface area contributed by atoms with Crippen molar-refractivity contribution in [3.05, 3.63) is 119 Å². The number of hydrogen-bond donors (Lipinski definition) is 1. The molecule has 6 nitrogen and oxygen atoms in total. The predicted octanol–water partition coefficient (Wildman–Crippen LogP) is 5.99. The van der Waals surface area contributed by atoms with E-state index in [9.17, 15) is 9.59 Å². The van der Waals surface area contributed by atoms with Gasteiger partial charge in [-0.15, -0.1) is 0 Å². The minimum Gasteiger partial charge on any atom is -0.454 e. The van der Waals surface area contributed by atoms with Crippen LogP contribution < -0.4 is 5.32 Å². The lowest BCUT2D eigenvalue weighted by molar-refractivity contribution is -0.131. The summed E-state index contributed by atoms with van der Waals surface area (Å²) in [6.07, 6.45) is 4.06. The van der Waals surface area contributed by atoms with Crippen molar-refractivity contribution in [2.45, 2.75) is 52.2 Å². The first-order valence-electron chi connectivity index (χ1n) is 13.0. The molecule has 0 saturated heterocycles. The zero-order chi connectivity index (χ0) is 26.0. The summed E-state index contributed by atoms with van der Waals surface area (Å²) in [5.74, 6) is 0.874. The van der Waals surface area contributed by atoms with Gasteiger partial charge < -0.3 is 19.2 Å². The molecule has 0 aliphatic carbocycles. The van der Waals surface area contributed by atoms with Crippen LogP contribution in [0.3, 0.4) is 0 Å². The quantitative estimate of drug-likeness (QED) is 0.261. The van der Waals surface area contributed by atoms with E-state index in [1.807, 2.05) is 84.8 Å². The van der Waals surface area contributed by atoms with Gasteiger partial charge in [-0.2, -0.15) is 0 Å². The molecule has 2 amide bonds. The maximum absolute atomic E-state index is 13.2. The minimum atomic E-state index is -0.244. The summed E-state index contributed by atoms with van der Waals surface area (Å²) in [5.41, 5.74) is 3.22. The Morgan fingerprint density at radius 3 is 2.35 bits per heavy atom. The highest BCUT2D eigenvalue weighted by atomic mass is 16.4. The van der Waals surface area contributed by atoms with E-state index in [0.29, 0.717) is 31.7 Å². The topological polar surface area (TPSA) is 67.5 Å². The van der Waals surface area contributed by atoms with E-state index in [4.69, 9.17) is 4.42 Å². The number of furan rings is 1. The van der Waals surface area contributed by atoms with Crippen molar-refractivity contribution in [2.75, 3.05) is 6.54 Å². The summed E-state index contributed by atoms with van der Waals surface area (Å²) < 4.78 is 8.03. The van der Waals surface area contributed by atoms with Gasteiger partial charge in [0.25, 0.3) is 5.91 Å². The second kappa shape index (κ2) is 12.8. The molecular formula is C31H35N3O3. The van der Waals surface area contributed by atoms with Crippen molar-refractivity contribution in [3.63, 3.8) is 0 Å². The third kappa shape index (κ3) is 7.00. The molecule has 1 N–H and O–H groups in total. The zero-order valence-corrected chi connectivity index (χ0v) is 21.6. The summed E-state index contributed by atoms with van der Waals surface area (Å²) in [4.78, 5) is 27.4. The normalized spacial score (nSPS) is 11.7. The van der Waals surface area contributed by atoms with Gasteiger partial charge in [0.2, 0.25) is 5.91 Å². The lowest BCUT2D eigenvalue weighted by atomic mass is 9.99. The predicted molar refractivity (Wildman–Crippen MR) is 145 cm³/mol. The van der Waals surface area contributed by atoms with Gasteiger partial charge in [-0.1, -0.05) is 74.5 Å². The Bertz CT molecular complexity index is 1280. The Labute approximate surface area is 218 Å². The molecule has 0 spiro atoms. The van der Waals surface area contributed by atoms with Crippen LogP contribution in [0.15, 0.2) is 95.5 Å². The number of amides is 2. The van der Waals surface area contributed by atoms with Crippen molar-refractivity contribution in [3.8, 4) is 0 Å². The summed E-state index contributed by atoms with van der Waals surface area (Å²) in [5, 5.41) is 3.16. The van der Waals surface area contributed by atoms with Crippen LogP contribution >= 0.6 is 0 Å². The highest BCUT2D eigenvalue weighted by molar-refractivity contribution is 5.91. The van der Waals surface area contributed by atoms with Crippen LogP contribution in [-0.4, -0.2) is 27.8 Å². The molecule has 2 aromatic heterocycles. The smallest absolute Gasteiger partial charge is 0.287 e. The van der Waals surface area contributed by atoms with Gasteiger partial charge in [-0.3, -0.25) is 9.59 Å². The first-order valence-corrected chi connectivity index (χ1v) is 13.0. The van der Waals surface area contributed by atoms with E-state index in [-0.39, 0.29) is 23.6 Å². The Kier molecular flexibility index (Phi) is 8.98. The molecule has 0 aliphatic heterocycles. The van der Waals surface area contributed by atoms with E-state index >= 15 is 0 Å². The maximum Gasteiger partial charge on any atom is 0.287 e. The second-order valence-corrected chi connectivity index (χ2v) is 9.19. The van der Waals surface area contributed by atoms with Crippen LogP contribution in [0.25, 0.3) is 0 Å². The highest BCUT2D eigenvalue weighted by Crippen LogP contribution is 2.20. The van der Waals surface area contributed by atoms with Gasteiger partial charge in [0.1, 0.15) is 5.76 Å². The van der Waals surface area contributed by atoms with Crippen molar-refractivity contribution >= 4 is 11.8 Å². The van der Waals surface area contributed by atoms with E-state index in [0.717, 1.165) is 29.8 Å². The lowest BCUT2D eigenvalue weighted by Gasteiger charge is -2.22. The molecule has 0 saturated carbocycles. The van der Waals surface area contributed by atoms with E-state index in [2.05, 4.69) is 28.9 Å². The Balaban J connectivity index is 1.45. The number of rotatable bonds is 12. The Morgan fingerprint density at radius 2 is 1.65 bits per heavy atom. The molecule has 4 aromatic rings.